The smallest absolute Gasteiger partial charge is 0.0654 e. The summed E-state index contributed by atoms with van der Waals surface area (Å²) in [5, 5.41) is 0. The van der Waals surface area contributed by atoms with Crippen LogP contribution >= 0.6 is 0 Å². The summed E-state index contributed by atoms with van der Waals surface area (Å²) < 4.78 is 0. The molecule has 0 aromatic rings. The van der Waals surface area contributed by atoms with Gasteiger partial charge in [-0.1, -0.05) is 33.1 Å². The van der Waals surface area contributed by atoms with Gasteiger partial charge in [0.25, 0.3) is 0 Å². The molecule has 0 spiro atoms. The summed E-state index contributed by atoms with van der Waals surface area (Å²) in [7, 11) is 0. The third-order valence-electron chi connectivity index (χ3n) is 2.14. The maximum atomic E-state index is 2.30. The minimum Gasteiger partial charge on any atom is -0.0654 e. The molecule has 0 aliphatic rings. The van der Waals surface area contributed by atoms with Gasteiger partial charge in [-0.15, -0.1) is 0 Å². The van der Waals surface area contributed by atoms with E-state index < -0.39 is 0 Å². The molecule has 0 aliphatic carbocycles. The SMILES string of the molecule is C[CH+]CCC(CC)CCC. The quantitative estimate of drug-likeness (QED) is 0.493. The molecule has 0 rings (SSSR count). The molecule has 1 unspecified atom stereocenters. The first-order chi connectivity index (χ1) is 4.85. The number of unbranched alkanes of at least 4 members (excludes halogenated alkanes) is 1. The lowest BCUT2D eigenvalue weighted by Gasteiger charge is -2.09. The summed E-state index contributed by atoms with van der Waals surface area (Å²) in [5.41, 5.74) is 0. The van der Waals surface area contributed by atoms with Gasteiger partial charge in [0, 0.05) is 0 Å². The summed E-state index contributed by atoms with van der Waals surface area (Å²) in [6.07, 6.45) is 9.12. The average Bonchev–Trinajstić information content (AvgIpc) is 1.98. The van der Waals surface area contributed by atoms with Crippen molar-refractivity contribution in [2.45, 2.75) is 52.9 Å². The van der Waals surface area contributed by atoms with E-state index >= 15 is 0 Å². The molecule has 0 saturated heterocycles. The standard InChI is InChI=1S/C10H21/c1-4-7-9-10(6-3)8-5-2/h4,10H,5-9H2,1-3H3/q+1. The Hall–Kier alpha value is -0.130. The van der Waals surface area contributed by atoms with E-state index in [2.05, 4.69) is 27.2 Å². The van der Waals surface area contributed by atoms with Gasteiger partial charge in [0.05, 0.1) is 19.8 Å². The van der Waals surface area contributed by atoms with Crippen molar-refractivity contribution < 1.29 is 0 Å². The molecule has 0 bridgehead atoms. The molecule has 0 saturated carbocycles. The Balaban J connectivity index is 3.21. The van der Waals surface area contributed by atoms with Crippen LogP contribution in [-0.4, -0.2) is 0 Å². The van der Waals surface area contributed by atoms with Gasteiger partial charge in [0.2, 0.25) is 0 Å². The van der Waals surface area contributed by atoms with Crippen LogP contribution in [0.2, 0.25) is 0 Å². The van der Waals surface area contributed by atoms with E-state index in [9.17, 15) is 0 Å². The maximum absolute atomic E-state index is 2.30. The van der Waals surface area contributed by atoms with Crippen LogP contribution in [0.25, 0.3) is 0 Å². The van der Waals surface area contributed by atoms with Gasteiger partial charge >= 0.3 is 0 Å². The topological polar surface area (TPSA) is 0 Å². The Morgan fingerprint density at radius 1 is 1.20 bits per heavy atom. The van der Waals surface area contributed by atoms with Gasteiger partial charge < -0.3 is 0 Å². The molecule has 0 amide bonds. The van der Waals surface area contributed by atoms with Crippen LogP contribution in [0, 0.1) is 12.3 Å². The van der Waals surface area contributed by atoms with E-state index in [-0.39, 0.29) is 0 Å². The fraction of sp³-hybridized carbons (Fsp3) is 0.900. The van der Waals surface area contributed by atoms with Crippen molar-refractivity contribution in [3.8, 4) is 0 Å². The molecule has 0 fully saturated rings. The Bertz CT molecular complexity index is 57.1. The normalized spacial score (nSPS) is 13.1. The molecular weight excluding hydrogens is 120 g/mol. The molecule has 0 heteroatoms. The van der Waals surface area contributed by atoms with Crippen molar-refractivity contribution in [3.63, 3.8) is 0 Å². The molecular formula is C10H21+. The zero-order valence-electron chi connectivity index (χ0n) is 7.69. The number of hydrogen-bond donors (Lipinski definition) is 0. The summed E-state index contributed by atoms with van der Waals surface area (Å²) >= 11 is 0. The molecule has 0 radical (unpaired) electrons. The minimum absolute atomic E-state index is 0.987. The second kappa shape index (κ2) is 6.98. The lowest BCUT2D eigenvalue weighted by atomic mass is 9.95. The summed E-state index contributed by atoms with van der Waals surface area (Å²) in [6, 6.07) is 0. The third kappa shape index (κ3) is 4.72. The highest BCUT2D eigenvalue weighted by molar-refractivity contribution is 4.62. The Morgan fingerprint density at radius 2 is 1.90 bits per heavy atom. The molecule has 1 atom stereocenters. The summed E-state index contributed by atoms with van der Waals surface area (Å²) in [5.74, 6) is 0.987. The monoisotopic (exact) mass is 141 g/mol. The predicted molar refractivity (Wildman–Crippen MR) is 47.9 cm³/mol. The van der Waals surface area contributed by atoms with E-state index in [1.807, 2.05) is 0 Å². The lowest BCUT2D eigenvalue weighted by Crippen LogP contribution is -1.97. The lowest BCUT2D eigenvalue weighted by molar-refractivity contribution is 0.431. The first kappa shape index (κ1) is 9.87. The Morgan fingerprint density at radius 3 is 2.30 bits per heavy atom. The fourth-order valence-electron chi connectivity index (χ4n) is 1.36. The zero-order chi connectivity index (χ0) is 7.82. The summed E-state index contributed by atoms with van der Waals surface area (Å²) in [4.78, 5) is 0. The third-order valence-corrected chi connectivity index (χ3v) is 2.14. The Kier molecular flexibility index (Phi) is 6.89. The molecule has 0 aromatic carbocycles. The van der Waals surface area contributed by atoms with E-state index in [4.69, 9.17) is 0 Å². The highest BCUT2D eigenvalue weighted by atomic mass is 14.1. The number of rotatable bonds is 6. The van der Waals surface area contributed by atoms with Crippen LogP contribution < -0.4 is 0 Å². The average molecular weight is 141 g/mol. The van der Waals surface area contributed by atoms with Crippen molar-refractivity contribution in [1.29, 1.82) is 0 Å². The van der Waals surface area contributed by atoms with Gasteiger partial charge in [-0.3, -0.25) is 0 Å². The number of hydrogen-bond acceptors (Lipinski definition) is 0. The molecule has 10 heavy (non-hydrogen) atoms. The molecule has 60 valence electrons. The highest BCUT2D eigenvalue weighted by Gasteiger charge is 2.05. The van der Waals surface area contributed by atoms with E-state index in [0.29, 0.717) is 0 Å². The van der Waals surface area contributed by atoms with Crippen molar-refractivity contribution in [3.05, 3.63) is 6.42 Å². The minimum atomic E-state index is 0.987. The van der Waals surface area contributed by atoms with Gasteiger partial charge in [0.15, 0.2) is 0 Å². The van der Waals surface area contributed by atoms with Crippen LogP contribution in [-0.2, 0) is 0 Å². The molecule has 0 aliphatic heterocycles. The van der Waals surface area contributed by atoms with E-state index in [1.165, 1.54) is 32.1 Å². The second-order valence-electron chi connectivity index (χ2n) is 3.05. The van der Waals surface area contributed by atoms with Crippen LogP contribution in [0.3, 0.4) is 0 Å². The van der Waals surface area contributed by atoms with Crippen LogP contribution in [0.15, 0.2) is 0 Å². The van der Waals surface area contributed by atoms with Crippen molar-refractivity contribution in [1.82, 2.24) is 0 Å². The molecule has 0 heterocycles. The summed E-state index contributed by atoms with van der Waals surface area (Å²) in [6.45, 7) is 6.73. The first-order valence-corrected chi connectivity index (χ1v) is 4.62. The molecule has 0 N–H and O–H groups in total. The van der Waals surface area contributed by atoms with Gasteiger partial charge in [-0.25, -0.2) is 0 Å². The predicted octanol–water partition coefficient (Wildman–Crippen LogP) is 3.82. The fourth-order valence-corrected chi connectivity index (χ4v) is 1.36. The van der Waals surface area contributed by atoms with Crippen molar-refractivity contribution in [2.24, 2.45) is 5.92 Å². The van der Waals surface area contributed by atoms with Crippen molar-refractivity contribution in [2.75, 3.05) is 0 Å². The molecule has 0 aromatic heterocycles. The zero-order valence-corrected chi connectivity index (χ0v) is 7.69. The largest absolute Gasteiger partial charge is 0.0875 e. The van der Waals surface area contributed by atoms with Gasteiger partial charge in [0.1, 0.15) is 0 Å². The van der Waals surface area contributed by atoms with Crippen molar-refractivity contribution >= 4 is 0 Å². The van der Waals surface area contributed by atoms with Gasteiger partial charge in [-0.05, 0) is 12.3 Å². The van der Waals surface area contributed by atoms with Crippen LogP contribution in [0.4, 0.5) is 0 Å². The van der Waals surface area contributed by atoms with E-state index in [1.54, 1.807) is 0 Å². The van der Waals surface area contributed by atoms with E-state index in [0.717, 1.165) is 5.92 Å². The van der Waals surface area contributed by atoms with Crippen LogP contribution in [0.5, 0.6) is 0 Å². The highest BCUT2D eigenvalue weighted by Crippen LogP contribution is 2.17. The molecule has 0 nitrogen and oxygen atoms in total. The Labute approximate surface area is 66.0 Å². The maximum Gasteiger partial charge on any atom is 0.0875 e. The second-order valence-corrected chi connectivity index (χ2v) is 3.05. The van der Waals surface area contributed by atoms with Gasteiger partial charge in [-0.2, -0.15) is 0 Å². The first-order valence-electron chi connectivity index (χ1n) is 4.62. The van der Waals surface area contributed by atoms with Crippen LogP contribution in [0.1, 0.15) is 52.9 Å².